The first kappa shape index (κ1) is 19.2. The Bertz CT molecular complexity index is 1020. The molecule has 3 rings (SSSR count). The molecule has 1 aromatic heterocycles. The van der Waals surface area contributed by atoms with Crippen molar-refractivity contribution >= 4 is 5.91 Å². The van der Waals surface area contributed by atoms with Crippen molar-refractivity contribution in [3.63, 3.8) is 0 Å². The van der Waals surface area contributed by atoms with Gasteiger partial charge in [0.15, 0.2) is 0 Å². The zero-order valence-electron chi connectivity index (χ0n) is 15.7. The van der Waals surface area contributed by atoms with Gasteiger partial charge < -0.3 is 14.8 Å². The van der Waals surface area contributed by atoms with E-state index in [1.165, 1.54) is 24.1 Å². The van der Waals surface area contributed by atoms with Gasteiger partial charge in [-0.2, -0.15) is 0 Å². The average Bonchev–Trinajstić information content (AvgIpc) is 2.74. The van der Waals surface area contributed by atoms with Gasteiger partial charge in [0.25, 0.3) is 11.5 Å². The first-order valence-electron chi connectivity index (χ1n) is 8.74. The number of amides is 1. The number of hydrogen-bond donors (Lipinski definition) is 1. The maximum Gasteiger partial charge on any atom is 0.255 e. The number of nitrogens with zero attached hydrogens (tertiary/aromatic N) is 2. The number of benzene rings is 2. The molecule has 3 aromatic rings. The Morgan fingerprint density at radius 2 is 1.86 bits per heavy atom. The quantitative estimate of drug-likeness (QED) is 0.681. The van der Waals surface area contributed by atoms with Crippen LogP contribution in [0.4, 0.5) is 0 Å². The number of ether oxygens (including phenoxy) is 2. The van der Waals surface area contributed by atoms with Crippen molar-refractivity contribution in [2.45, 2.75) is 6.54 Å². The molecule has 0 atom stereocenters. The minimum atomic E-state index is -0.290. The Morgan fingerprint density at radius 3 is 2.54 bits per heavy atom. The highest BCUT2D eigenvalue weighted by Crippen LogP contribution is 2.24. The fourth-order valence-electron chi connectivity index (χ4n) is 2.73. The average molecular weight is 379 g/mol. The molecule has 7 heteroatoms. The molecule has 28 heavy (non-hydrogen) atoms. The minimum Gasteiger partial charge on any atom is -0.497 e. The van der Waals surface area contributed by atoms with Gasteiger partial charge in [0.1, 0.15) is 11.5 Å². The van der Waals surface area contributed by atoms with Gasteiger partial charge in [0.2, 0.25) is 0 Å². The van der Waals surface area contributed by atoms with Crippen molar-refractivity contribution in [2.24, 2.45) is 0 Å². The number of methoxy groups -OCH3 is 2. The normalized spacial score (nSPS) is 10.4. The highest BCUT2D eigenvalue weighted by atomic mass is 16.5. The fourth-order valence-corrected chi connectivity index (χ4v) is 2.73. The van der Waals surface area contributed by atoms with Crippen molar-refractivity contribution < 1.29 is 14.3 Å². The van der Waals surface area contributed by atoms with E-state index in [1.807, 2.05) is 30.3 Å². The lowest BCUT2D eigenvalue weighted by Gasteiger charge is -2.11. The fraction of sp³-hybridized carbons (Fsp3) is 0.190. The molecule has 0 unspecified atom stereocenters. The van der Waals surface area contributed by atoms with Crippen LogP contribution in [-0.2, 0) is 6.54 Å². The van der Waals surface area contributed by atoms with Gasteiger partial charge in [-0.1, -0.05) is 30.3 Å². The lowest BCUT2D eigenvalue weighted by molar-refractivity contribution is 0.0949. The topological polar surface area (TPSA) is 82.5 Å². The van der Waals surface area contributed by atoms with E-state index >= 15 is 0 Å². The van der Waals surface area contributed by atoms with E-state index in [1.54, 1.807) is 25.3 Å². The van der Waals surface area contributed by atoms with Gasteiger partial charge in [0, 0.05) is 30.8 Å². The molecule has 0 spiro atoms. The van der Waals surface area contributed by atoms with E-state index in [9.17, 15) is 9.59 Å². The van der Waals surface area contributed by atoms with Crippen molar-refractivity contribution in [1.29, 1.82) is 0 Å². The van der Waals surface area contributed by atoms with Crippen molar-refractivity contribution in [2.75, 3.05) is 20.8 Å². The number of rotatable bonds is 7. The summed E-state index contributed by atoms with van der Waals surface area (Å²) >= 11 is 0. The third-order valence-corrected chi connectivity index (χ3v) is 4.24. The Hall–Kier alpha value is -3.61. The Labute approximate surface area is 162 Å². The second-order valence-corrected chi connectivity index (χ2v) is 5.99. The molecule has 7 nitrogen and oxygen atoms in total. The summed E-state index contributed by atoms with van der Waals surface area (Å²) in [5.74, 6) is 0.730. The lowest BCUT2D eigenvalue weighted by Crippen LogP contribution is -2.31. The molecule has 1 amide bonds. The highest BCUT2D eigenvalue weighted by molar-refractivity contribution is 5.97. The standard InChI is InChI=1S/C21H21N3O4/c1-27-16-8-9-17(19(12-16)28-2)21(26)22-10-11-24-14-23-18(13-20(24)25)15-6-4-3-5-7-15/h3-9,12-14H,10-11H2,1-2H3,(H,22,26). The summed E-state index contributed by atoms with van der Waals surface area (Å²) < 4.78 is 11.8. The number of carbonyl (C=O) groups is 1. The summed E-state index contributed by atoms with van der Waals surface area (Å²) in [4.78, 5) is 29.0. The smallest absolute Gasteiger partial charge is 0.255 e. The highest BCUT2D eigenvalue weighted by Gasteiger charge is 2.13. The molecule has 0 aliphatic rings. The van der Waals surface area contributed by atoms with Crippen LogP contribution in [0.15, 0.2) is 65.7 Å². The zero-order chi connectivity index (χ0) is 19.9. The van der Waals surface area contributed by atoms with E-state index < -0.39 is 0 Å². The molecule has 0 fully saturated rings. The molecule has 0 bridgehead atoms. The van der Waals surface area contributed by atoms with Gasteiger partial charge in [-0.25, -0.2) is 4.98 Å². The van der Waals surface area contributed by atoms with Crippen LogP contribution in [0, 0.1) is 0 Å². The molecular formula is C21H21N3O4. The first-order chi connectivity index (χ1) is 13.6. The van der Waals surface area contributed by atoms with E-state index in [2.05, 4.69) is 10.3 Å². The summed E-state index contributed by atoms with van der Waals surface area (Å²) in [6.07, 6.45) is 1.49. The molecule has 144 valence electrons. The molecule has 0 radical (unpaired) electrons. The van der Waals surface area contributed by atoms with E-state index in [-0.39, 0.29) is 18.0 Å². The monoisotopic (exact) mass is 379 g/mol. The minimum absolute atomic E-state index is 0.176. The molecule has 2 aromatic carbocycles. The van der Waals surface area contributed by atoms with Gasteiger partial charge >= 0.3 is 0 Å². The predicted molar refractivity (Wildman–Crippen MR) is 106 cm³/mol. The van der Waals surface area contributed by atoms with E-state index in [4.69, 9.17) is 9.47 Å². The van der Waals surface area contributed by atoms with Crippen LogP contribution < -0.4 is 20.3 Å². The summed E-state index contributed by atoms with van der Waals surface area (Å²) in [5, 5.41) is 2.79. The van der Waals surface area contributed by atoms with E-state index in [0.717, 1.165) is 5.56 Å². The summed E-state index contributed by atoms with van der Waals surface area (Å²) in [5.41, 5.74) is 1.72. The van der Waals surface area contributed by atoms with Crippen LogP contribution >= 0.6 is 0 Å². The van der Waals surface area contributed by atoms with Crippen LogP contribution in [0.2, 0.25) is 0 Å². The molecule has 0 saturated carbocycles. The second-order valence-electron chi connectivity index (χ2n) is 5.99. The maximum atomic E-state index is 12.4. The molecule has 1 N–H and O–H groups in total. The summed E-state index contributed by atoms with van der Waals surface area (Å²) in [6, 6.07) is 15.9. The van der Waals surface area contributed by atoms with Gasteiger partial charge in [-0.15, -0.1) is 0 Å². The molecule has 0 aliphatic carbocycles. The van der Waals surface area contributed by atoms with Crippen LogP contribution in [0.25, 0.3) is 11.3 Å². The number of carbonyl (C=O) groups excluding carboxylic acids is 1. The first-order valence-corrected chi connectivity index (χ1v) is 8.74. The van der Waals surface area contributed by atoms with Crippen molar-refractivity contribution in [3.8, 4) is 22.8 Å². The van der Waals surface area contributed by atoms with Crippen molar-refractivity contribution in [1.82, 2.24) is 14.9 Å². The lowest BCUT2D eigenvalue weighted by atomic mass is 10.1. The number of nitrogens with one attached hydrogen (secondary N) is 1. The SMILES string of the molecule is COc1ccc(C(=O)NCCn2cnc(-c3ccccc3)cc2=O)c(OC)c1. The van der Waals surface area contributed by atoms with Crippen LogP contribution in [0.1, 0.15) is 10.4 Å². The predicted octanol–water partition coefficient (Wildman–Crippen LogP) is 2.36. The van der Waals surface area contributed by atoms with E-state index in [0.29, 0.717) is 29.3 Å². The van der Waals surface area contributed by atoms with Crippen LogP contribution in [0.3, 0.4) is 0 Å². The van der Waals surface area contributed by atoms with Crippen LogP contribution in [0.5, 0.6) is 11.5 Å². The van der Waals surface area contributed by atoms with Crippen molar-refractivity contribution in [3.05, 3.63) is 76.8 Å². The number of hydrogen-bond acceptors (Lipinski definition) is 5. The molecule has 0 saturated heterocycles. The largest absolute Gasteiger partial charge is 0.497 e. The molecular weight excluding hydrogens is 358 g/mol. The Balaban J connectivity index is 1.64. The van der Waals surface area contributed by atoms with Gasteiger partial charge in [-0.3, -0.25) is 14.2 Å². The van der Waals surface area contributed by atoms with Gasteiger partial charge in [0.05, 0.1) is 31.8 Å². The third kappa shape index (κ3) is 4.37. The summed E-state index contributed by atoms with van der Waals surface area (Å²) in [6.45, 7) is 0.589. The zero-order valence-corrected chi connectivity index (χ0v) is 15.7. The third-order valence-electron chi connectivity index (χ3n) is 4.24. The maximum absolute atomic E-state index is 12.4. The summed E-state index contributed by atoms with van der Waals surface area (Å²) in [7, 11) is 3.04. The Kier molecular flexibility index (Phi) is 6.06. The molecule has 0 aliphatic heterocycles. The number of aromatic nitrogens is 2. The van der Waals surface area contributed by atoms with Crippen LogP contribution in [-0.4, -0.2) is 36.2 Å². The second kappa shape index (κ2) is 8.85. The Morgan fingerprint density at radius 1 is 1.07 bits per heavy atom. The van der Waals surface area contributed by atoms with Gasteiger partial charge in [-0.05, 0) is 12.1 Å². The molecule has 1 heterocycles.